The highest BCUT2D eigenvalue weighted by atomic mass is 35.5. The van der Waals surface area contributed by atoms with Gasteiger partial charge < -0.3 is 15.0 Å². The molecule has 0 bridgehead atoms. The number of hydrogen-bond donors (Lipinski definition) is 1. The number of halogens is 1. The summed E-state index contributed by atoms with van der Waals surface area (Å²) in [6.45, 7) is 5.86. The Kier molecular flexibility index (Phi) is 5.99. The maximum Gasteiger partial charge on any atom is 0.142 e. The topological polar surface area (TPSA) is 24.5 Å². The van der Waals surface area contributed by atoms with Crippen molar-refractivity contribution >= 4 is 17.3 Å². The van der Waals surface area contributed by atoms with Crippen molar-refractivity contribution in [1.82, 2.24) is 4.90 Å². The fraction of sp³-hybridized carbons (Fsp3) is 0.625. The van der Waals surface area contributed by atoms with Crippen molar-refractivity contribution in [2.24, 2.45) is 0 Å². The number of methoxy groups -OCH3 is 1. The molecule has 1 fully saturated rings. The number of ether oxygens (including phenoxy) is 1. The lowest BCUT2D eigenvalue weighted by Gasteiger charge is -2.21. The Balaban J connectivity index is 1.97. The number of benzene rings is 1. The summed E-state index contributed by atoms with van der Waals surface area (Å²) in [5.74, 6) is 0.865. The average Bonchev–Trinajstić information content (AvgIpc) is 2.65. The van der Waals surface area contributed by atoms with Crippen LogP contribution >= 0.6 is 11.6 Å². The van der Waals surface area contributed by atoms with Gasteiger partial charge in [-0.3, -0.25) is 0 Å². The zero-order chi connectivity index (χ0) is 14.4. The van der Waals surface area contributed by atoms with Gasteiger partial charge in [-0.1, -0.05) is 18.5 Å². The molecule has 20 heavy (non-hydrogen) atoms. The lowest BCUT2D eigenvalue weighted by Crippen LogP contribution is -2.27. The number of nitrogens with one attached hydrogen (secondary N) is 1. The normalized spacial score (nSPS) is 20.4. The van der Waals surface area contributed by atoms with E-state index in [9.17, 15) is 0 Å². The lowest BCUT2D eigenvalue weighted by molar-refractivity contribution is 0.285. The maximum atomic E-state index is 6.08. The number of anilines is 1. The van der Waals surface area contributed by atoms with E-state index in [1.54, 1.807) is 7.11 Å². The fourth-order valence-electron chi connectivity index (χ4n) is 2.85. The van der Waals surface area contributed by atoms with Gasteiger partial charge >= 0.3 is 0 Å². The van der Waals surface area contributed by atoms with E-state index in [4.69, 9.17) is 16.3 Å². The van der Waals surface area contributed by atoms with Crippen LogP contribution in [0, 0.1) is 0 Å². The molecule has 0 spiro atoms. The van der Waals surface area contributed by atoms with E-state index < -0.39 is 0 Å². The van der Waals surface area contributed by atoms with Gasteiger partial charge in [-0.2, -0.15) is 0 Å². The Morgan fingerprint density at radius 3 is 2.95 bits per heavy atom. The van der Waals surface area contributed by atoms with Gasteiger partial charge in [-0.25, -0.2) is 0 Å². The summed E-state index contributed by atoms with van der Waals surface area (Å²) in [5.41, 5.74) is 1.01. The molecule has 1 aliphatic heterocycles. The van der Waals surface area contributed by atoms with Crippen molar-refractivity contribution in [2.45, 2.75) is 38.6 Å². The Hall–Kier alpha value is -0.930. The summed E-state index contributed by atoms with van der Waals surface area (Å²) in [5, 5.41) is 4.35. The molecular weight excluding hydrogens is 272 g/mol. The minimum atomic E-state index is 0.504. The van der Waals surface area contributed by atoms with Gasteiger partial charge in [0.05, 0.1) is 12.8 Å². The van der Waals surface area contributed by atoms with Crippen LogP contribution in [0.3, 0.4) is 0 Å². The van der Waals surface area contributed by atoms with Crippen molar-refractivity contribution < 1.29 is 4.74 Å². The molecule has 0 saturated carbocycles. The third-order valence-electron chi connectivity index (χ3n) is 3.88. The summed E-state index contributed by atoms with van der Waals surface area (Å²) in [6.07, 6.45) is 4.87. The van der Waals surface area contributed by atoms with E-state index in [2.05, 4.69) is 17.1 Å². The Morgan fingerprint density at radius 1 is 1.35 bits per heavy atom. The van der Waals surface area contributed by atoms with Crippen LogP contribution in [0.15, 0.2) is 18.2 Å². The zero-order valence-corrected chi connectivity index (χ0v) is 13.2. The number of nitrogens with zero attached hydrogens (tertiary/aromatic N) is 1. The van der Waals surface area contributed by atoms with E-state index >= 15 is 0 Å². The summed E-state index contributed by atoms with van der Waals surface area (Å²) in [7, 11) is 1.70. The highest BCUT2D eigenvalue weighted by Gasteiger charge is 2.17. The highest BCUT2D eigenvalue weighted by Crippen LogP contribution is 2.29. The van der Waals surface area contributed by atoms with Crippen LogP contribution in [0.2, 0.25) is 5.02 Å². The first-order valence-corrected chi connectivity index (χ1v) is 7.93. The standard InChI is InChI=1S/C16H25ClN2O/c1-3-9-19-10-4-5-14(8-11-19)18-15-12-13(17)6-7-16(15)20-2/h6-7,12,14,18H,3-5,8-11H2,1-2H3. The quantitative estimate of drug-likeness (QED) is 0.888. The third-order valence-corrected chi connectivity index (χ3v) is 4.12. The summed E-state index contributed by atoms with van der Waals surface area (Å²) in [4.78, 5) is 2.57. The van der Waals surface area contributed by atoms with Crippen LogP contribution in [0.4, 0.5) is 5.69 Å². The molecule has 0 radical (unpaired) electrons. The zero-order valence-electron chi connectivity index (χ0n) is 12.5. The highest BCUT2D eigenvalue weighted by molar-refractivity contribution is 6.30. The molecule has 3 nitrogen and oxygen atoms in total. The van der Waals surface area contributed by atoms with Gasteiger partial charge in [-0.05, 0) is 57.0 Å². The first-order chi connectivity index (χ1) is 9.72. The van der Waals surface area contributed by atoms with Crippen molar-refractivity contribution in [2.75, 3.05) is 32.1 Å². The largest absolute Gasteiger partial charge is 0.495 e. The minimum absolute atomic E-state index is 0.504. The monoisotopic (exact) mass is 296 g/mol. The van der Waals surface area contributed by atoms with Crippen LogP contribution in [0.25, 0.3) is 0 Å². The second kappa shape index (κ2) is 7.75. The first kappa shape index (κ1) is 15.5. The smallest absolute Gasteiger partial charge is 0.142 e. The molecule has 0 aliphatic carbocycles. The molecule has 1 N–H and O–H groups in total. The predicted octanol–water partition coefficient (Wildman–Crippen LogP) is 4.03. The fourth-order valence-corrected chi connectivity index (χ4v) is 3.03. The Bertz CT molecular complexity index is 425. The summed E-state index contributed by atoms with van der Waals surface area (Å²) in [6, 6.07) is 6.24. The van der Waals surface area contributed by atoms with Crippen molar-refractivity contribution in [1.29, 1.82) is 0 Å². The molecule has 1 aromatic carbocycles. The van der Waals surface area contributed by atoms with Crippen LogP contribution < -0.4 is 10.1 Å². The molecule has 1 heterocycles. The molecule has 1 aromatic rings. The molecule has 4 heteroatoms. The molecule has 1 atom stereocenters. The molecule has 1 saturated heterocycles. The Labute approximate surface area is 127 Å². The van der Waals surface area contributed by atoms with E-state index in [1.807, 2.05) is 18.2 Å². The molecule has 2 rings (SSSR count). The van der Waals surface area contributed by atoms with E-state index in [1.165, 1.54) is 45.3 Å². The van der Waals surface area contributed by atoms with Crippen LogP contribution in [-0.4, -0.2) is 37.7 Å². The summed E-state index contributed by atoms with van der Waals surface area (Å²) < 4.78 is 5.40. The van der Waals surface area contributed by atoms with Crippen LogP contribution in [0.1, 0.15) is 32.6 Å². The van der Waals surface area contributed by atoms with Gasteiger partial charge in [-0.15, -0.1) is 0 Å². The van der Waals surface area contributed by atoms with E-state index in [0.717, 1.165) is 16.5 Å². The van der Waals surface area contributed by atoms with Crippen LogP contribution in [-0.2, 0) is 0 Å². The molecule has 112 valence electrons. The lowest BCUT2D eigenvalue weighted by atomic mass is 10.1. The van der Waals surface area contributed by atoms with Crippen LogP contribution in [0.5, 0.6) is 5.75 Å². The van der Waals surface area contributed by atoms with Gasteiger partial charge in [0, 0.05) is 17.6 Å². The van der Waals surface area contributed by atoms with Gasteiger partial charge in [0.2, 0.25) is 0 Å². The van der Waals surface area contributed by atoms with Gasteiger partial charge in [0.25, 0.3) is 0 Å². The number of rotatable bonds is 5. The third kappa shape index (κ3) is 4.29. The number of likely N-dealkylation sites (tertiary alicyclic amines) is 1. The predicted molar refractivity (Wildman–Crippen MR) is 86.0 cm³/mol. The van der Waals surface area contributed by atoms with E-state index in [-0.39, 0.29) is 0 Å². The van der Waals surface area contributed by atoms with Crippen molar-refractivity contribution in [3.63, 3.8) is 0 Å². The molecular formula is C16H25ClN2O. The Morgan fingerprint density at radius 2 is 2.20 bits per heavy atom. The second-order valence-corrected chi connectivity index (χ2v) is 5.89. The van der Waals surface area contributed by atoms with Gasteiger partial charge in [0.15, 0.2) is 0 Å². The minimum Gasteiger partial charge on any atom is -0.495 e. The molecule has 0 aromatic heterocycles. The molecule has 1 aliphatic rings. The average molecular weight is 297 g/mol. The van der Waals surface area contributed by atoms with Crippen molar-refractivity contribution in [3.05, 3.63) is 23.2 Å². The maximum absolute atomic E-state index is 6.08. The summed E-state index contributed by atoms with van der Waals surface area (Å²) >= 11 is 6.08. The first-order valence-electron chi connectivity index (χ1n) is 7.55. The van der Waals surface area contributed by atoms with E-state index in [0.29, 0.717) is 6.04 Å². The second-order valence-electron chi connectivity index (χ2n) is 5.46. The van der Waals surface area contributed by atoms with Gasteiger partial charge in [0.1, 0.15) is 5.75 Å². The molecule has 1 unspecified atom stereocenters. The number of hydrogen-bond acceptors (Lipinski definition) is 3. The van der Waals surface area contributed by atoms with Crippen molar-refractivity contribution in [3.8, 4) is 5.75 Å². The SMILES string of the molecule is CCCN1CCCC(Nc2cc(Cl)ccc2OC)CC1. The molecule has 0 amide bonds.